The van der Waals surface area contributed by atoms with E-state index in [-0.39, 0.29) is 11.7 Å². The number of carbonyl (C=O) groups is 1. The first-order valence-corrected chi connectivity index (χ1v) is 9.88. The molecular formula is C27H20O3. The summed E-state index contributed by atoms with van der Waals surface area (Å²) in [6.07, 6.45) is 0. The first-order chi connectivity index (χ1) is 14.6. The number of rotatable bonds is 3. The fourth-order valence-electron chi connectivity index (χ4n) is 4.67. The van der Waals surface area contributed by atoms with E-state index in [9.17, 15) is 9.90 Å². The number of hydrogen-bond acceptors (Lipinski definition) is 3. The van der Waals surface area contributed by atoms with Gasteiger partial charge in [0.15, 0.2) is 0 Å². The lowest BCUT2D eigenvalue weighted by molar-refractivity contribution is -0.131. The van der Waals surface area contributed by atoms with Crippen molar-refractivity contribution < 1.29 is 14.6 Å². The molecule has 0 fully saturated rings. The molecule has 1 aliphatic rings. The van der Waals surface area contributed by atoms with Crippen molar-refractivity contribution in [3.8, 4) is 22.6 Å². The van der Waals surface area contributed by atoms with Crippen LogP contribution in [0.1, 0.15) is 29.2 Å². The number of fused-ring (bicyclic) bond motifs is 3. The van der Waals surface area contributed by atoms with Crippen molar-refractivity contribution in [3.05, 3.63) is 119 Å². The topological polar surface area (TPSA) is 46.5 Å². The number of aromatic hydroxyl groups is 1. The van der Waals surface area contributed by atoms with Crippen LogP contribution in [0.5, 0.6) is 11.5 Å². The smallest absolute Gasteiger partial charge is 0.308 e. The predicted molar refractivity (Wildman–Crippen MR) is 117 cm³/mol. The van der Waals surface area contributed by atoms with E-state index in [1.807, 2.05) is 36.4 Å². The Labute approximate surface area is 175 Å². The molecule has 3 heteroatoms. The summed E-state index contributed by atoms with van der Waals surface area (Å²) in [5.74, 6) is 0.415. The lowest BCUT2D eigenvalue weighted by atomic mass is 9.68. The maximum Gasteiger partial charge on any atom is 0.308 e. The molecule has 3 nitrogen and oxygen atoms in total. The molecule has 0 bridgehead atoms. The quantitative estimate of drug-likeness (QED) is 0.317. The Balaban J connectivity index is 1.83. The SMILES string of the molecule is CC(=O)Oc1ccc(C2(c3ccc(O)cc3)c3ccccc3-c3ccccc32)cc1. The van der Waals surface area contributed by atoms with Gasteiger partial charge in [0.2, 0.25) is 0 Å². The molecule has 0 spiro atoms. The van der Waals surface area contributed by atoms with Gasteiger partial charge in [0.05, 0.1) is 5.41 Å². The van der Waals surface area contributed by atoms with E-state index in [1.54, 1.807) is 12.1 Å². The van der Waals surface area contributed by atoms with Crippen molar-refractivity contribution in [2.24, 2.45) is 0 Å². The van der Waals surface area contributed by atoms with Crippen molar-refractivity contribution in [1.82, 2.24) is 0 Å². The summed E-state index contributed by atoms with van der Waals surface area (Å²) in [5.41, 5.74) is 6.39. The van der Waals surface area contributed by atoms with E-state index in [1.165, 1.54) is 29.2 Å². The number of carbonyl (C=O) groups excluding carboxylic acids is 1. The summed E-state index contributed by atoms with van der Waals surface area (Å²) in [5, 5.41) is 9.92. The highest BCUT2D eigenvalue weighted by molar-refractivity contribution is 5.86. The molecular weight excluding hydrogens is 372 g/mol. The average Bonchev–Trinajstić information content (AvgIpc) is 3.06. The normalized spacial score (nSPS) is 13.4. The molecule has 0 aliphatic heterocycles. The summed E-state index contributed by atoms with van der Waals surface area (Å²) in [7, 11) is 0. The van der Waals surface area contributed by atoms with E-state index in [0.717, 1.165) is 11.1 Å². The van der Waals surface area contributed by atoms with Crippen LogP contribution in [0.2, 0.25) is 0 Å². The van der Waals surface area contributed by atoms with Gasteiger partial charge >= 0.3 is 5.97 Å². The van der Waals surface area contributed by atoms with Crippen LogP contribution >= 0.6 is 0 Å². The van der Waals surface area contributed by atoms with E-state index < -0.39 is 5.41 Å². The molecule has 1 N–H and O–H groups in total. The molecule has 0 amide bonds. The second-order valence-electron chi connectivity index (χ2n) is 7.51. The van der Waals surface area contributed by atoms with Gasteiger partial charge in [-0.2, -0.15) is 0 Å². The van der Waals surface area contributed by atoms with Crippen LogP contribution in [0.3, 0.4) is 0 Å². The van der Waals surface area contributed by atoms with Gasteiger partial charge in [-0.3, -0.25) is 4.79 Å². The first kappa shape index (κ1) is 18.2. The van der Waals surface area contributed by atoms with E-state index in [0.29, 0.717) is 5.75 Å². The number of esters is 1. The molecule has 4 aromatic carbocycles. The minimum absolute atomic E-state index is 0.235. The van der Waals surface area contributed by atoms with Gasteiger partial charge in [-0.15, -0.1) is 0 Å². The third-order valence-electron chi connectivity index (χ3n) is 5.80. The molecule has 30 heavy (non-hydrogen) atoms. The van der Waals surface area contributed by atoms with Crippen molar-refractivity contribution in [3.63, 3.8) is 0 Å². The maximum absolute atomic E-state index is 11.4. The van der Waals surface area contributed by atoms with Crippen LogP contribution in [-0.2, 0) is 10.2 Å². The van der Waals surface area contributed by atoms with Crippen molar-refractivity contribution in [2.75, 3.05) is 0 Å². The highest BCUT2D eigenvalue weighted by Gasteiger charge is 2.45. The van der Waals surface area contributed by atoms with Gasteiger partial charge in [-0.05, 0) is 57.6 Å². The summed E-state index contributed by atoms with van der Waals surface area (Å²) in [4.78, 5) is 11.4. The Morgan fingerprint density at radius 2 is 1.17 bits per heavy atom. The van der Waals surface area contributed by atoms with Gasteiger partial charge in [-0.1, -0.05) is 72.8 Å². The number of benzene rings is 4. The zero-order valence-corrected chi connectivity index (χ0v) is 16.5. The van der Waals surface area contributed by atoms with Gasteiger partial charge in [-0.25, -0.2) is 0 Å². The van der Waals surface area contributed by atoms with Gasteiger partial charge < -0.3 is 9.84 Å². The second kappa shape index (κ2) is 6.89. The Kier molecular flexibility index (Phi) is 4.18. The van der Waals surface area contributed by atoms with Crippen LogP contribution in [0.25, 0.3) is 11.1 Å². The third-order valence-corrected chi connectivity index (χ3v) is 5.80. The Morgan fingerprint density at radius 3 is 1.67 bits per heavy atom. The monoisotopic (exact) mass is 392 g/mol. The predicted octanol–water partition coefficient (Wildman–Crippen LogP) is 5.68. The minimum Gasteiger partial charge on any atom is -0.508 e. The Morgan fingerprint density at radius 1 is 0.700 bits per heavy atom. The van der Waals surface area contributed by atoms with Crippen LogP contribution in [-0.4, -0.2) is 11.1 Å². The number of phenolic OH excluding ortho intramolecular Hbond substituents is 1. The van der Waals surface area contributed by atoms with E-state index >= 15 is 0 Å². The van der Waals surface area contributed by atoms with E-state index in [4.69, 9.17) is 4.74 Å². The van der Waals surface area contributed by atoms with Crippen molar-refractivity contribution in [1.29, 1.82) is 0 Å². The summed E-state index contributed by atoms with van der Waals surface area (Å²) >= 11 is 0. The minimum atomic E-state index is -0.532. The third kappa shape index (κ3) is 2.63. The molecule has 4 aromatic rings. The molecule has 0 unspecified atom stereocenters. The second-order valence-corrected chi connectivity index (χ2v) is 7.51. The molecule has 1 aliphatic carbocycles. The fraction of sp³-hybridized carbons (Fsp3) is 0.0741. The Hall–Kier alpha value is -3.85. The van der Waals surface area contributed by atoms with Crippen molar-refractivity contribution >= 4 is 5.97 Å². The number of hydrogen-bond donors (Lipinski definition) is 1. The number of ether oxygens (including phenoxy) is 1. The maximum atomic E-state index is 11.4. The molecule has 0 atom stereocenters. The summed E-state index contributed by atoms with van der Waals surface area (Å²) < 4.78 is 5.25. The molecule has 0 saturated heterocycles. The lowest BCUT2D eigenvalue weighted by Crippen LogP contribution is -2.28. The molecule has 0 aromatic heterocycles. The molecule has 146 valence electrons. The average molecular weight is 392 g/mol. The zero-order valence-electron chi connectivity index (χ0n) is 16.5. The van der Waals surface area contributed by atoms with Gasteiger partial charge in [0, 0.05) is 6.92 Å². The first-order valence-electron chi connectivity index (χ1n) is 9.88. The van der Waals surface area contributed by atoms with Crippen LogP contribution in [0.15, 0.2) is 97.1 Å². The van der Waals surface area contributed by atoms with Gasteiger partial charge in [0.25, 0.3) is 0 Å². The summed E-state index contributed by atoms with van der Waals surface area (Å²) in [6.45, 7) is 1.40. The lowest BCUT2D eigenvalue weighted by Gasteiger charge is -2.34. The largest absolute Gasteiger partial charge is 0.508 e. The van der Waals surface area contributed by atoms with Crippen LogP contribution in [0, 0.1) is 0 Å². The molecule has 5 rings (SSSR count). The zero-order chi connectivity index (χ0) is 20.7. The molecule has 0 radical (unpaired) electrons. The number of phenols is 1. The van der Waals surface area contributed by atoms with E-state index in [2.05, 4.69) is 48.5 Å². The Bertz CT molecular complexity index is 1190. The fourth-order valence-corrected chi connectivity index (χ4v) is 4.67. The molecule has 0 heterocycles. The van der Waals surface area contributed by atoms with Gasteiger partial charge in [0.1, 0.15) is 11.5 Å². The van der Waals surface area contributed by atoms with Crippen LogP contribution < -0.4 is 4.74 Å². The highest BCUT2D eigenvalue weighted by Crippen LogP contribution is 2.56. The van der Waals surface area contributed by atoms with Crippen LogP contribution in [0.4, 0.5) is 0 Å². The molecule has 0 saturated carbocycles. The standard InChI is InChI=1S/C27H20O3/c1-18(28)30-22-16-12-20(13-17-22)27(19-10-14-21(29)15-11-19)25-8-4-2-6-23(25)24-7-3-5-9-26(24)27/h2-17,29H,1H3. The highest BCUT2D eigenvalue weighted by atomic mass is 16.5. The van der Waals surface area contributed by atoms with Crippen molar-refractivity contribution in [2.45, 2.75) is 12.3 Å². The summed E-state index contributed by atoms with van der Waals surface area (Å²) in [6, 6.07) is 32.0.